The number of sulfonamides is 1. The van der Waals surface area contributed by atoms with Crippen LogP contribution in [0.1, 0.15) is 81.3 Å². The molecular weight excluding hydrogens is 725 g/mol. The number of allylic oxidation sites excluding steroid dienone is 1. The average molecular weight is 773 g/mol. The van der Waals surface area contributed by atoms with Gasteiger partial charge in [-0.25, -0.2) is 13.1 Å². The second-order valence-electron chi connectivity index (χ2n) is 13.7. The third kappa shape index (κ3) is 8.04. The molecule has 0 unspecified atom stereocenters. The first-order valence-electron chi connectivity index (χ1n) is 17.6. The highest BCUT2D eigenvalue weighted by Gasteiger charge is 2.70. The van der Waals surface area contributed by atoms with Crippen LogP contribution in [0.3, 0.4) is 0 Å². The molecule has 2 aromatic carbocycles. The van der Waals surface area contributed by atoms with Crippen LogP contribution < -0.4 is 14.4 Å². The van der Waals surface area contributed by atoms with Crippen LogP contribution >= 0.6 is 19.2 Å². The molecule has 2 bridgehead atoms. The van der Waals surface area contributed by atoms with E-state index in [1.807, 2.05) is 17.0 Å². The Hall–Kier alpha value is -2.54. The first-order valence-corrected chi connectivity index (χ1v) is 21.1. The van der Waals surface area contributed by atoms with Crippen molar-refractivity contribution < 1.29 is 45.4 Å². The maximum atomic E-state index is 16.8. The molecule has 3 aliphatic rings. The summed E-state index contributed by atoms with van der Waals surface area (Å²) in [4.78, 5) is 15.4. The Morgan fingerprint density at radius 3 is 2.49 bits per heavy atom. The summed E-state index contributed by atoms with van der Waals surface area (Å²) in [7, 11) is -9.42. The van der Waals surface area contributed by atoms with Crippen LogP contribution in [0.15, 0.2) is 48.6 Å². The van der Waals surface area contributed by atoms with E-state index in [0.717, 1.165) is 30.0 Å². The fourth-order valence-electron chi connectivity index (χ4n) is 7.18. The number of aryl methyl sites for hydroxylation is 1. The highest BCUT2D eigenvalue weighted by Crippen LogP contribution is 2.69. The molecule has 1 saturated carbocycles. The van der Waals surface area contributed by atoms with Gasteiger partial charge in [-0.1, -0.05) is 36.7 Å². The maximum absolute atomic E-state index is 16.8. The number of fused-ring (bicyclic) bond motifs is 3. The Morgan fingerprint density at radius 1 is 1.10 bits per heavy atom. The minimum Gasteiger partial charge on any atom is -0.487 e. The molecule has 0 spiro atoms. The number of rotatable bonds is 6. The van der Waals surface area contributed by atoms with Gasteiger partial charge in [0.05, 0.1) is 24.2 Å². The fourth-order valence-corrected chi connectivity index (χ4v) is 10.4. The number of anilines is 1. The lowest BCUT2D eigenvalue weighted by Crippen LogP contribution is -2.59. The van der Waals surface area contributed by atoms with Crippen molar-refractivity contribution in [1.82, 2.24) is 4.72 Å². The lowest BCUT2D eigenvalue weighted by Gasteiger charge is -2.51. The van der Waals surface area contributed by atoms with Gasteiger partial charge in [0.2, 0.25) is 10.0 Å². The van der Waals surface area contributed by atoms with Crippen molar-refractivity contribution >= 4 is 40.8 Å². The van der Waals surface area contributed by atoms with Crippen LogP contribution in [-0.4, -0.2) is 62.2 Å². The Labute approximate surface area is 304 Å². The van der Waals surface area contributed by atoms with E-state index >= 15 is 8.78 Å². The number of aliphatic hydroxyl groups is 1. The first-order chi connectivity index (χ1) is 24.1. The number of ether oxygens (including phenoxy) is 1. The minimum atomic E-state index is -5.19. The summed E-state index contributed by atoms with van der Waals surface area (Å²) >= 11 is 6.31. The van der Waals surface area contributed by atoms with Gasteiger partial charge in [-0.05, 0) is 113 Å². The van der Waals surface area contributed by atoms with E-state index in [2.05, 4.69) is 4.72 Å². The average Bonchev–Trinajstić information content (AvgIpc) is 3.08. The smallest absolute Gasteiger partial charge is 0.403 e. The molecule has 1 aliphatic carbocycles. The molecule has 2 N–H and O–H groups in total. The number of nitrogens with one attached hydrogen (secondary N) is 1. The minimum absolute atomic E-state index is 0.0322. The van der Waals surface area contributed by atoms with E-state index in [1.54, 1.807) is 25.1 Å². The van der Waals surface area contributed by atoms with Gasteiger partial charge in [0.15, 0.2) is 5.60 Å². The van der Waals surface area contributed by atoms with E-state index in [-0.39, 0.29) is 44.8 Å². The van der Waals surface area contributed by atoms with Crippen molar-refractivity contribution in [3.05, 3.63) is 70.3 Å². The second kappa shape index (κ2) is 15.8. The van der Waals surface area contributed by atoms with E-state index in [0.29, 0.717) is 35.8 Å². The molecule has 5 rings (SSSR count). The van der Waals surface area contributed by atoms with Crippen LogP contribution in [0.25, 0.3) is 0 Å². The lowest BCUT2D eigenvalue weighted by molar-refractivity contribution is -0.171. The molecule has 15 heteroatoms. The molecular formula is C36H48ClF2N2O8PS. The third-order valence-electron chi connectivity index (χ3n) is 10.5. The highest BCUT2D eigenvalue weighted by atomic mass is 35.5. The monoisotopic (exact) mass is 772 g/mol. The van der Waals surface area contributed by atoms with Gasteiger partial charge in [-0.3, -0.25) is 9.36 Å². The topological polar surface area (TPSA) is 131 Å². The lowest BCUT2D eigenvalue weighted by atomic mass is 9.64. The number of benzene rings is 2. The zero-order chi connectivity index (χ0) is 37.2. The molecule has 10 nitrogen and oxygen atoms in total. The highest BCUT2D eigenvalue weighted by molar-refractivity contribution is 7.90. The zero-order valence-corrected chi connectivity index (χ0v) is 31.9. The van der Waals surface area contributed by atoms with E-state index in [4.69, 9.17) is 25.4 Å². The van der Waals surface area contributed by atoms with Crippen LogP contribution in [0.4, 0.5) is 14.5 Å². The summed E-state index contributed by atoms with van der Waals surface area (Å²) in [6.45, 7) is 6.03. The first kappa shape index (κ1) is 39.7. The normalized spacial score (nSPS) is 28.2. The van der Waals surface area contributed by atoms with Crippen molar-refractivity contribution in [3.63, 3.8) is 0 Å². The van der Waals surface area contributed by atoms with Gasteiger partial charge in [0.25, 0.3) is 5.91 Å². The molecule has 5 atom stereocenters. The van der Waals surface area contributed by atoms with Gasteiger partial charge in [-0.15, -0.1) is 0 Å². The Morgan fingerprint density at radius 2 is 1.82 bits per heavy atom. The Kier molecular flexibility index (Phi) is 12.3. The summed E-state index contributed by atoms with van der Waals surface area (Å²) < 4.78 is 92.8. The maximum Gasteiger partial charge on any atom is 0.403 e. The van der Waals surface area contributed by atoms with Crippen molar-refractivity contribution in [2.24, 2.45) is 17.8 Å². The van der Waals surface area contributed by atoms with Crippen LogP contribution in [0.2, 0.25) is 5.02 Å². The number of amides is 1. The summed E-state index contributed by atoms with van der Waals surface area (Å²) in [5.74, 6) is -2.61. The molecule has 51 heavy (non-hydrogen) atoms. The molecule has 2 heterocycles. The van der Waals surface area contributed by atoms with Crippen molar-refractivity contribution in [1.29, 1.82) is 0 Å². The molecule has 2 aromatic rings. The molecule has 2 aliphatic heterocycles. The molecule has 282 valence electrons. The molecule has 0 saturated heterocycles. The Bertz CT molecular complexity index is 1770. The number of hydrogen-bond donors (Lipinski definition) is 2. The number of alkyl halides is 2. The SMILES string of the molecule is CCOP(=O)(OCC)C(F)(F)[C@]1(O)/C=C/C[C@H](C)[C@@H](C)S(=O)(=O)NC(=O)c2ccc3c(c2)N(CCCCc2cc(Cl)ccc2CO3)C[C@@H]2CC[C@H]21. The summed E-state index contributed by atoms with van der Waals surface area (Å²) in [5.41, 5.74) is -4.76. The fraction of sp³-hybridized carbons (Fsp3) is 0.583. The number of carbonyl (C=O) groups is 1. The number of nitrogens with zero attached hydrogens (tertiary/aromatic N) is 1. The van der Waals surface area contributed by atoms with Gasteiger partial charge >= 0.3 is 13.3 Å². The third-order valence-corrected chi connectivity index (χ3v) is 14.9. The molecule has 1 fully saturated rings. The van der Waals surface area contributed by atoms with Crippen LogP contribution in [-0.2, 0) is 36.7 Å². The van der Waals surface area contributed by atoms with E-state index in [9.17, 15) is 22.9 Å². The zero-order valence-electron chi connectivity index (χ0n) is 29.4. The number of hydrogen-bond acceptors (Lipinski definition) is 9. The number of halogens is 3. The number of carbonyl (C=O) groups excluding carboxylic acids is 1. The van der Waals surface area contributed by atoms with E-state index in [1.165, 1.54) is 32.9 Å². The van der Waals surface area contributed by atoms with Gasteiger partial charge in [0, 0.05) is 29.6 Å². The Balaban J connectivity index is 1.63. The quantitative estimate of drug-likeness (QED) is 0.224. The van der Waals surface area contributed by atoms with Crippen molar-refractivity contribution in [2.45, 2.75) is 89.3 Å². The standard InChI is InChI=1S/C36H48ClF2N2O8PS/c1-5-48-50(44,49-6-2)36(38,39)35(43)18-9-10-24(3)25(4)51(45,46)40-34(42)27-14-17-33-32(21-27)41(22-28-13-16-31(28)35)19-8-7-11-26-20-30(37)15-12-29(26)23-47-33/h9,12,14-15,17-18,20-21,24-25,28,31,43H,5-8,10-11,13,16,19,22-23H2,1-4H3,(H,40,42)/b18-9+/t24-,25+,28-,31+,35-/m0/s1. The predicted molar refractivity (Wildman–Crippen MR) is 193 cm³/mol. The molecule has 0 aromatic heterocycles. The van der Waals surface area contributed by atoms with Crippen LogP contribution in [0, 0.1) is 17.8 Å². The predicted octanol–water partition coefficient (Wildman–Crippen LogP) is 7.72. The molecule has 0 radical (unpaired) electrons. The van der Waals surface area contributed by atoms with Gasteiger partial charge in [-0.2, -0.15) is 8.78 Å². The van der Waals surface area contributed by atoms with Gasteiger partial charge < -0.3 is 23.8 Å². The summed E-state index contributed by atoms with van der Waals surface area (Å²) in [5, 5.41) is 11.7. The second-order valence-corrected chi connectivity index (χ2v) is 18.3. The summed E-state index contributed by atoms with van der Waals surface area (Å²) in [6, 6.07) is 10.3. The van der Waals surface area contributed by atoms with Crippen molar-refractivity contribution in [2.75, 3.05) is 31.2 Å². The molecule has 1 amide bonds. The van der Waals surface area contributed by atoms with Crippen molar-refractivity contribution in [3.8, 4) is 5.75 Å². The summed E-state index contributed by atoms with van der Waals surface area (Å²) in [6.07, 6.45) is 5.09. The van der Waals surface area contributed by atoms with Gasteiger partial charge in [0.1, 0.15) is 12.4 Å². The van der Waals surface area contributed by atoms with E-state index < -0.39 is 57.8 Å². The van der Waals surface area contributed by atoms with Crippen LogP contribution in [0.5, 0.6) is 5.75 Å². The largest absolute Gasteiger partial charge is 0.487 e.